The average Bonchev–Trinajstić information content (AvgIpc) is 2.34. The molecule has 1 aromatic rings. The lowest BCUT2D eigenvalue weighted by atomic mass is 10.0. The van der Waals surface area contributed by atoms with Gasteiger partial charge >= 0.3 is 0 Å². The van der Waals surface area contributed by atoms with Crippen LogP contribution in [0.15, 0.2) is 0 Å². The molecule has 18 heavy (non-hydrogen) atoms. The number of rotatable bonds is 6. The Morgan fingerprint density at radius 2 is 1.67 bits per heavy atom. The van der Waals surface area contributed by atoms with E-state index in [1.165, 1.54) is 0 Å². The van der Waals surface area contributed by atoms with Gasteiger partial charge < -0.3 is 10.6 Å². The van der Waals surface area contributed by atoms with Gasteiger partial charge in [0.1, 0.15) is 17.5 Å². The van der Waals surface area contributed by atoms with Crippen molar-refractivity contribution < 1.29 is 0 Å². The average molecular weight is 250 g/mol. The van der Waals surface area contributed by atoms with Crippen LogP contribution in [-0.2, 0) is 0 Å². The molecule has 0 aliphatic rings. The molecule has 2 N–H and O–H groups in total. The zero-order chi connectivity index (χ0) is 13.7. The van der Waals surface area contributed by atoms with Crippen LogP contribution >= 0.6 is 0 Å². The number of aryl methyl sites for hydroxylation is 1. The molecule has 2 atom stereocenters. The zero-order valence-electron chi connectivity index (χ0n) is 12.5. The largest absolute Gasteiger partial charge is 0.370 e. The van der Waals surface area contributed by atoms with Gasteiger partial charge in [0.15, 0.2) is 0 Å². The number of anilines is 2. The summed E-state index contributed by atoms with van der Waals surface area (Å²) in [6.07, 6.45) is 1.16. The van der Waals surface area contributed by atoms with Crippen LogP contribution in [0.3, 0.4) is 0 Å². The van der Waals surface area contributed by atoms with Gasteiger partial charge in [0.25, 0.3) is 0 Å². The fraction of sp³-hybridized carbons (Fsp3) is 0.714. The van der Waals surface area contributed by atoms with E-state index >= 15 is 0 Å². The van der Waals surface area contributed by atoms with Crippen LogP contribution in [0.5, 0.6) is 0 Å². The molecule has 0 bridgehead atoms. The summed E-state index contributed by atoms with van der Waals surface area (Å²) in [5, 5.41) is 6.79. The second-order valence-electron chi connectivity index (χ2n) is 4.94. The molecule has 4 nitrogen and oxygen atoms in total. The van der Waals surface area contributed by atoms with Gasteiger partial charge in [0.05, 0.1) is 0 Å². The first-order chi connectivity index (χ1) is 8.49. The zero-order valence-corrected chi connectivity index (χ0v) is 12.5. The highest BCUT2D eigenvalue weighted by atomic mass is 15.1. The van der Waals surface area contributed by atoms with E-state index in [0.29, 0.717) is 12.0 Å². The topological polar surface area (TPSA) is 49.8 Å². The summed E-state index contributed by atoms with van der Waals surface area (Å²) in [6.45, 7) is 13.6. The Balaban J connectivity index is 2.94. The first kappa shape index (κ1) is 14.7. The van der Waals surface area contributed by atoms with E-state index in [-0.39, 0.29) is 0 Å². The van der Waals surface area contributed by atoms with E-state index in [4.69, 9.17) is 0 Å². The first-order valence-electron chi connectivity index (χ1n) is 6.85. The summed E-state index contributed by atoms with van der Waals surface area (Å²) < 4.78 is 0. The third kappa shape index (κ3) is 3.59. The molecule has 1 aromatic heterocycles. The monoisotopic (exact) mass is 250 g/mol. The molecule has 0 radical (unpaired) electrons. The lowest BCUT2D eigenvalue weighted by Crippen LogP contribution is -2.25. The van der Waals surface area contributed by atoms with Gasteiger partial charge in [0, 0.05) is 18.2 Å². The van der Waals surface area contributed by atoms with Gasteiger partial charge in [-0.15, -0.1) is 0 Å². The maximum absolute atomic E-state index is 4.51. The molecule has 0 aliphatic carbocycles. The number of hydrogen-bond donors (Lipinski definition) is 2. The van der Waals surface area contributed by atoms with Crippen molar-refractivity contribution in [2.24, 2.45) is 5.92 Å². The predicted molar refractivity (Wildman–Crippen MR) is 78.2 cm³/mol. The number of nitrogens with zero attached hydrogens (tertiary/aromatic N) is 2. The summed E-state index contributed by atoms with van der Waals surface area (Å²) in [6, 6.07) is 0.414. The number of aromatic nitrogens is 2. The van der Waals surface area contributed by atoms with Crippen molar-refractivity contribution in [3.8, 4) is 0 Å². The molecule has 0 saturated heterocycles. The van der Waals surface area contributed by atoms with E-state index in [9.17, 15) is 0 Å². The minimum atomic E-state index is 0.414. The summed E-state index contributed by atoms with van der Waals surface area (Å²) in [4.78, 5) is 8.94. The Kier molecular flexibility index (Phi) is 5.38. The number of hydrogen-bond acceptors (Lipinski definition) is 4. The van der Waals surface area contributed by atoms with Gasteiger partial charge in [-0.2, -0.15) is 0 Å². The van der Waals surface area contributed by atoms with Gasteiger partial charge in [-0.05, 0) is 33.6 Å². The standard InChI is InChI=1S/C14H26N4/c1-7-9(3)11(5)16-14-10(4)13(15-8-2)17-12(6)18-14/h9,11H,7-8H2,1-6H3,(H2,15,16,17,18). The van der Waals surface area contributed by atoms with Crippen LogP contribution in [0.1, 0.15) is 45.5 Å². The van der Waals surface area contributed by atoms with Crippen LogP contribution in [0.2, 0.25) is 0 Å². The lowest BCUT2D eigenvalue weighted by molar-refractivity contribution is 0.493. The smallest absolute Gasteiger partial charge is 0.134 e. The molecule has 0 spiro atoms. The fourth-order valence-electron chi connectivity index (χ4n) is 1.82. The normalized spacial score (nSPS) is 14.1. The van der Waals surface area contributed by atoms with Crippen molar-refractivity contribution in [2.45, 2.75) is 54.0 Å². The Morgan fingerprint density at radius 1 is 1.06 bits per heavy atom. The molecular formula is C14H26N4. The highest BCUT2D eigenvalue weighted by Gasteiger charge is 2.14. The predicted octanol–water partition coefficient (Wildman–Crippen LogP) is 3.37. The first-order valence-corrected chi connectivity index (χ1v) is 6.85. The van der Waals surface area contributed by atoms with Gasteiger partial charge in [-0.3, -0.25) is 0 Å². The maximum Gasteiger partial charge on any atom is 0.134 e. The Hall–Kier alpha value is -1.32. The van der Waals surface area contributed by atoms with E-state index in [1.807, 2.05) is 6.92 Å². The van der Waals surface area contributed by atoms with E-state index in [2.05, 4.69) is 55.2 Å². The van der Waals surface area contributed by atoms with Crippen molar-refractivity contribution in [3.05, 3.63) is 11.4 Å². The highest BCUT2D eigenvalue weighted by Crippen LogP contribution is 2.22. The molecule has 0 saturated carbocycles. The number of nitrogens with one attached hydrogen (secondary N) is 2. The van der Waals surface area contributed by atoms with Gasteiger partial charge in [-0.1, -0.05) is 20.3 Å². The van der Waals surface area contributed by atoms with Crippen LogP contribution < -0.4 is 10.6 Å². The fourth-order valence-corrected chi connectivity index (χ4v) is 1.82. The summed E-state index contributed by atoms with van der Waals surface area (Å²) in [5.74, 6) is 3.31. The maximum atomic E-state index is 4.51. The third-order valence-electron chi connectivity index (χ3n) is 3.46. The van der Waals surface area contributed by atoms with E-state index < -0.39 is 0 Å². The Labute approximate surface area is 111 Å². The SMILES string of the molecule is CCNc1nc(C)nc(NC(C)C(C)CC)c1C. The van der Waals surface area contributed by atoms with Crippen molar-refractivity contribution in [1.29, 1.82) is 0 Å². The molecule has 0 amide bonds. The second-order valence-corrected chi connectivity index (χ2v) is 4.94. The third-order valence-corrected chi connectivity index (χ3v) is 3.46. The summed E-state index contributed by atoms with van der Waals surface area (Å²) in [7, 11) is 0. The highest BCUT2D eigenvalue weighted by molar-refractivity contribution is 5.57. The van der Waals surface area contributed by atoms with Crippen LogP contribution in [0.25, 0.3) is 0 Å². The lowest BCUT2D eigenvalue weighted by Gasteiger charge is -2.22. The van der Waals surface area contributed by atoms with Crippen molar-refractivity contribution in [3.63, 3.8) is 0 Å². The molecule has 0 fully saturated rings. The van der Waals surface area contributed by atoms with Crippen molar-refractivity contribution >= 4 is 11.6 Å². The van der Waals surface area contributed by atoms with Gasteiger partial charge in [-0.25, -0.2) is 9.97 Å². The molecule has 1 heterocycles. The van der Waals surface area contributed by atoms with Crippen molar-refractivity contribution in [1.82, 2.24) is 9.97 Å². The molecule has 2 unspecified atom stereocenters. The molecule has 1 rings (SSSR count). The van der Waals surface area contributed by atoms with E-state index in [0.717, 1.165) is 36.0 Å². The molecular weight excluding hydrogens is 224 g/mol. The van der Waals surface area contributed by atoms with Crippen LogP contribution in [-0.4, -0.2) is 22.6 Å². The minimum absolute atomic E-state index is 0.414. The summed E-state index contributed by atoms with van der Waals surface area (Å²) in [5.41, 5.74) is 1.10. The molecule has 102 valence electrons. The van der Waals surface area contributed by atoms with Crippen LogP contribution in [0.4, 0.5) is 11.6 Å². The van der Waals surface area contributed by atoms with Crippen molar-refractivity contribution in [2.75, 3.05) is 17.2 Å². The second kappa shape index (κ2) is 6.57. The quantitative estimate of drug-likeness (QED) is 0.812. The van der Waals surface area contributed by atoms with Crippen LogP contribution in [0, 0.1) is 19.8 Å². The molecule has 0 aliphatic heterocycles. The Morgan fingerprint density at radius 3 is 2.22 bits per heavy atom. The van der Waals surface area contributed by atoms with Gasteiger partial charge in [0.2, 0.25) is 0 Å². The molecule has 4 heteroatoms. The Bertz CT molecular complexity index is 390. The van der Waals surface area contributed by atoms with E-state index in [1.54, 1.807) is 0 Å². The molecule has 0 aromatic carbocycles. The summed E-state index contributed by atoms with van der Waals surface area (Å²) >= 11 is 0. The minimum Gasteiger partial charge on any atom is -0.370 e.